The van der Waals surface area contributed by atoms with E-state index in [-0.39, 0.29) is 19.6 Å². The van der Waals surface area contributed by atoms with Gasteiger partial charge >= 0.3 is 12.1 Å². The van der Waals surface area contributed by atoms with Gasteiger partial charge in [0, 0.05) is 30.2 Å². The summed E-state index contributed by atoms with van der Waals surface area (Å²) in [6, 6.07) is 13.2. The summed E-state index contributed by atoms with van der Waals surface area (Å²) in [5.74, 6) is 1.22. The van der Waals surface area contributed by atoms with Crippen LogP contribution in [0.25, 0.3) is 5.76 Å². The first-order valence-corrected chi connectivity index (χ1v) is 10.4. The van der Waals surface area contributed by atoms with Gasteiger partial charge in [-0.1, -0.05) is 12.1 Å². The van der Waals surface area contributed by atoms with Crippen LogP contribution in [0.15, 0.2) is 48.7 Å². The smallest absolute Gasteiger partial charge is 0.407 e. The first-order valence-electron chi connectivity index (χ1n) is 10.4. The molecule has 0 aromatic heterocycles. The maximum Gasteiger partial charge on any atom is 0.407 e. The molecule has 1 heterocycles. The summed E-state index contributed by atoms with van der Waals surface area (Å²) in [6.45, 7) is 0.538. The largest absolute Gasteiger partial charge is 0.496 e. The molecule has 11 nitrogen and oxygen atoms in total. The van der Waals surface area contributed by atoms with E-state index >= 15 is 0 Å². The molecular formula is C23H26N6O5. The van der Waals surface area contributed by atoms with E-state index in [0.717, 1.165) is 11.1 Å². The number of anilines is 2. The molecule has 2 aromatic rings. The summed E-state index contributed by atoms with van der Waals surface area (Å²) >= 11 is 0. The van der Waals surface area contributed by atoms with Gasteiger partial charge in [-0.3, -0.25) is 0 Å². The van der Waals surface area contributed by atoms with Gasteiger partial charge in [-0.25, -0.2) is 9.59 Å². The van der Waals surface area contributed by atoms with Crippen molar-refractivity contribution in [3.05, 3.63) is 59.8 Å². The molecule has 0 fully saturated rings. The first kappa shape index (κ1) is 24.2. The number of amides is 3. The van der Waals surface area contributed by atoms with Crippen molar-refractivity contribution in [1.82, 2.24) is 10.6 Å². The number of carbonyl (C=O) groups excluding carboxylic acids is 2. The van der Waals surface area contributed by atoms with Crippen LogP contribution >= 0.6 is 0 Å². The number of carbonyl (C=O) groups is 2. The summed E-state index contributed by atoms with van der Waals surface area (Å²) < 4.78 is 15.9. The number of methoxy groups -OCH3 is 1. The van der Waals surface area contributed by atoms with Gasteiger partial charge in [0.1, 0.15) is 18.1 Å². The summed E-state index contributed by atoms with van der Waals surface area (Å²) in [5, 5.41) is 19.6. The Kier molecular flexibility index (Phi) is 8.54. The van der Waals surface area contributed by atoms with E-state index in [4.69, 9.17) is 25.2 Å². The van der Waals surface area contributed by atoms with Crippen molar-refractivity contribution in [2.24, 2.45) is 5.73 Å². The third-order valence-electron chi connectivity index (χ3n) is 4.67. The van der Waals surface area contributed by atoms with E-state index in [1.54, 1.807) is 55.8 Å². The molecule has 1 aliphatic heterocycles. The lowest BCUT2D eigenvalue weighted by atomic mass is 10.1. The van der Waals surface area contributed by atoms with E-state index in [1.807, 2.05) is 6.07 Å². The average Bonchev–Trinajstić information content (AvgIpc) is 3.36. The Bertz CT molecular complexity index is 1100. The number of benzene rings is 2. The lowest BCUT2D eigenvalue weighted by Gasteiger charge is -2.13. The van der Waals surface area contributed by atoms with Gasteiger partial charge < -0.3 is 41.2 Å². The number of nitrogens with two attached hydrogens (primary N) is 1. The minimum Gasteiger partial charge on any atom is -0.496 e. The Hall–Kier alpha value is -4.43. The Balaban J connectivity index is 1.52. The summed E-state index contributed by atoms with van der Waals surface area (Å²) in [6.07, 6.45) is 1.21. The monoisotopic (exact) mass is 466 g/mol. The summed E-state index contributed by atoms with van der Waals surface area (Å²) in [5.41, 5.74) is 8.22. The second-order valence-corrected chi connectivity index (χ2v) is 7.27. The van der Waals surface area contributed by atoms with Crippen molar-refractivity contribution in [2.75, 3.05) is 31.1 Å². The fraction of sp³-hybridized carbons (Fsp3) is 0.261. The van der Waals surface area contributed by atoms with Gasteiger partial charge in [0.25, 0.3) is 0 Å². The highest BCUT2D eigenvalue weighted by atomic mass is 16.5. The number of nitriles is 1. The van der Waals surface area contributed by atoms with Crippen LogP contribution in [0, 0.1) is 11.3 Å². The molecule has 11 heteroatoms. The van der Waals surface area contributed by atoms with Crippen LogP contribution in [0.4, 0.5) is 21.0 Å². The average molecular weight is 466 g/mol. The maximum absolute atomic E-state index is 12.5. The molecule has 1 aliphatic rings. The highest BCUT2D eigenvalue weighted by Gasteiger charge is 2.15. The molecule has 178 valence electrons. The standard InChI is InChI=1S/C23H26N6O5/c1-32-20-10-18(5-6-19(20)21-12-26-14-34-21)29-22(30)28-17-4-2-3-15(9-17)11-27-23(31)33-13-16(25)7-8-24/h2-6,9-10,12,16,26H,7,11,13-14,25H2,1H3,(H,27,31)(H2,28,29,30)/t16-/m0/s1. The lowest BCUT2D eigenvalue weighted by Crippen LogP contribution is -2.31. The number of nitrogens with zero attached hydrogens (tertiary/aromatic N) is 1. The molecule has 3 rings (SSSR count). The number of rotatable bonds is 9. The van der Waals surface area contributed by atoms with E-state index in [0.29, 0.717) is 29.6 Å². The fourth-order valence-electron chi connectivity index (χ4n) is 3.06. The highest BCUT2D eigenvalue weighted by Crippen LogP contribution is 2.30. The van der Waals surface area contributed by atoms with Crippen LogP contribution in [-0.2, 0) is 16.0 Å². The predicted molar refractivity (Wildman–Crippen MR) is 126 cm³/mol. The number of nitrogens with one attached hydrogen (secondary N) is 4. The van der Waals surface area contributed by atoms with Gasteiger partial charge in [0.05, 0.1) is 31.2 Å². The normalized spacial score (nSPS) is 12.8. The van der Waals surface area contributed by atoms with Gasteiger partial charge in [0.15, 0.2) is 6.73 Å². The molecule has 0 aliphatic carbocycles. The lowest BCUT2D eigenvalue weighted by molar-refractivity contribution is 0.139. The third kappa shape index (κ3) is 7.04. The number of hydrogen-bond donors (Lipinski definition) is 5. The molecule has 6 N–H and O–H groups in total. The Morgan fingerprint density at radius 2 is 2.03 bits per heavy atom. The van der Waals surface area contributed by atoms with E-state index in [1.165, 1.54) is 0 Å². The number of ether oxygens (including phenoxy) is 3. The summed E-state index contributed by atoms with van der Waals surface area (Å²) in [4.78, 5) is 24.2. The SMILES string of the molecule is COc1cc(NC(=O)Nc2cccc(CNC(=O)OC[C@@H](N)CC#N)c2)ccc1C1=CNCO1. The molecule has 0 bridgehead atoms. The third-order valence-corrected chi connectivity index (χ3v) is 4.67. The topological polar surface area (TPSA) is 160 Å². The van der Waals surface area contributed by atoms with Crippen LogP contribution in [0.2, 0.25) is 0 Å². The van der Waals surface area contributed by atoms with Crippen molar-refractivity contribution >= 4 is 29.3 Å². The number of alkyl carbamates (subject to hydrolysis) is 1. The molecule has 0 saturated heterocycles. The Morgan fingerprint density at radius 3 is 2.74 bits per heavy atom. The van der Waals surface area contributed by atoms with Crippen LogP contribution in [0.1, 0.15) is 17.5 Å². The van der Waals surface area contributed by atoms with Crippen molar-refractivity contribution in [3.8, 4) is 11.8 Å². The van der Waals surface area contributed by atoms with Crippen LogP contribution in [0.3, 0.4) is 0 Å². The molecule has 1 atom stereocenters. The second kappa shape index (κ2) is 12.0. The Labute approximate surface area is 196 Å². The summed E-state index contributed by atoms with van der Waals surface area (Å²) in [7, 11) is 1.54. The zero-order valence-corrected chi connectivity index (χ0v) is 18.6. The van der Waals surface area contributed by atoms with Crippen LogP contribution in [-0.4, -0.2) is 38.6 Å². The molecule has 0 unspecified atom stereocenters. The fourth-order valence-corrected chi connectivity index (χ4v) is 3.06. The van der Waals surface area contributed by atoms with Gasteiger partial charge in [-0.05, 0) is 29.8 Å². The molecular weight excluding hydrogens is 440 g/mol. The number of hydrogen-bond acceptors (Lipinski definition) is 8. The minimum atomic E-state index is -0.642. The minimum absolute atomic E-state index is 0.0472. The number of urea groups is 1. The molecule has 0 saturated carbocycles. The second-order valence-electron chi connectivity index (χ2n) is 7.27. The van der Waals surface area contributed by atoms with Crippen molar-refractivity contribution in [3.63, 3.8) is 0 Å². The van der Waals surface area contributed by atoms with Gasteiger partial charge in [0.2, 0.25) is 0 Å². The van der Waals surface area contributed by atoms with Crippen molar-refractivity contribution in [2.45, 2.75) is 19.0 Å². The van der Waals surface area contributed by atoms with Crippen LogP contribution < -0.4 is 31.7 Å². The molecule has 0 spiro atoms. The van der Waals surface area contributed by atoms with E-state index < -0.39 is 18.2 Å². The predicted octanol–water partition coefficient (Wildman–Crippen LogP) is 2.68. The quantitative estimate of drug-likeness (QED) is 0.377. The zero-order valence-electron chi connectivity index (χ0n) is 18.6. The van der Waals surface area contributed by atoms with Gasteiger partial charge in [-0.15, -0.1) is 0 Å². The molecule has 0 radical (unpaired) electrons. The Morgan fingerprint density at radius 1 is 1.24 bits per heavy atom. The van der Waals surface area contributed by atoms with E-state index in [2.05, 4.69) is 21.3 Å². The highest BCUT2D eigenvalue weighted by molar-refractivity contribution is 6.00. The zero-order chi connectivity index (χ0) is 24.3. The first-order chi connectivity index (χ1) is 16.5. The molecule has 34 heavy (non-hydrogen) atoms. The van der Waals surface area contributed by atoms with Gasteiger partial charge in [-0.2, -0.15) is 5.26 Å². The van der Waals surface area contributed by atoms with Crippen LogP contribution in [0.5, 0.6) is 5.75 Å². The van der Waals surface area contributed by atoms with Crippen molar-refractivity contribution in [1.29, 1.82) is 5.26 Å². The molecule has 3 amide bonds. The maximum atomic E-state index is 12.5. The van der Waals surface area contributed by atoms with Crippen molar-refractivity contribution < 1.29 is 23.8 Å². The molecule has 2 aromatic carbocycles. The van der Waals surface area contributed by atoms with E-state index in [9.17, 15) is 9.59 Å².